The van der Waals surface area contributed by atoms with Gasteiger partial charge in [-0.3, -0.25) is 14.9 Å². The van der Waals surface area contributed by atoms with Crippen molar-refractivity contribution in [2.75, 3.05) is 12.4 Å². The van der Waals surface area contributed by atoms with E-state index >= 15 is 0 Å². The van der Waals surface area contributed by atoms with Crippen LogP contribution in [0.5, 0.6) is 5.75 Å². The van der Waals surface area contributed by atoms with Crippen molar-refractivity contribution in [1.29, 1.82) is 0 Å². The van der Waals surface area contributed by atoms with Crippen molar-refractivity contribution >= 4 is 17.3 Å². The van der Waals surface area contributed by atoms with Gasteiger partial charge in [0, 0.05) is 18.2 Å². The molecule has 0 aliphatic heterocycles. The molecule has 2 rings (SSSR count). The fourth-order valence-electron chi connectivity index (χ4n) is 2.05. The summed E-state index contributed by atoms with van der Waals surface area (Å²) >= 11 is 0. The van der Waals surface area contributed by atoms with Gasteiger partial charge < -0.3 is 15.8 Å². The van der Waals surface area contributed by atoms with Crippen LogP contribution in [-0.4, -0.2) is 24.0 Å². The Morgan fingerprint density at radius 1 is 1.50 bits per heavy atom. The highest BCUT2D eigenvalue weighted by molar-refractivity contribution is 5.95. The van der Waals surface area contributed by atoms with Crippen molar-refractivity contribution in [3.8, 4) is 5.75 Å². The second-order valence-corrected chi connectivity index (χ2v) is 4.52. The first-order valence-electron chi connectivity index (χ1n) is 6.08. The summed E-state index contributed by atoms with van der Waals surface area (Å²) in [6.45, 7) is 0. The normalized spacial score (nSPS) is 20.7. The Hall–Kier alpha value is -2.41. The molecule has 0 saturated carbocycles. The van der Waals surface area contributed by atoms with Crippen molar-refractivity contribution in [2.24, 2.45) is 11.7 Å². The lowest BCUT2D eigenvalue weighted by molar-refractivity contribution is -0.384. The second kappa shape index (κ2) is 5.70. The zero-order valence-corrected chi connectivity index (χ0v) is 10.9. The van der Waals surface area contributed by atoms with Crippen LogP contribution in [0.1, 0.15) is 6.42 Å². The summed E-state index contributed by atoms with van der Waals surface area (Å²) in [5, 5.41) is 13.4. The largest absolute Gasteiger partial charge is 0.495 e. The topological polar surface area (TPSA) is 107 Å². The Kier molecular flexibility index (Phi) is 3.99. The molecule has 7 nitrogen and oxygen atoms in total. The van der Waals surface area contributed by atoms with E-state index in [0.29, 0.717) is 12.2 Å². The van der Waals surface area contributed by atoms with Gasteiger partial charge in [-0.25, -0.2) is 0 Å². The number of rotatable bonds is 4. The zero-order valence-electron chi connectivity index (χ0n) is 10.9. The van der Waals surface area contributed by atoms with Crippen LogP contribution >= 0.6 is 0 Å². The van der Waals surface area contributed by atoms with E-state index in [1.807, 2.05) is 0 Å². The number of nitrogens with one attached hydrogen (secondary N) is 1. The maximum absolute atomic E-state index is 12.1. The fraction of sp³-hybridized carbons (Fsp3) is 0.308. The average Bonchev–Trinajstić information content (AvgIpc) is 2.85. The first kappa shape index (κ1) is 14.0. The van der Waals surface area contributed by atoms with Gasteiger partial charge in [0.05, 0.1) is 23.6 Å². The summed E-state index contributed by atoms with van der Waals surface area (Å²) in [7, 11) is 1.43. The molecule has 1 amide bonds. The number of nitrogens with two attached hydrogens (primary N) is 1. The van der Waals surface area contributed by atoms with E-state index in [2.05, 4.69) is 5.32 Å². The number of non-ortho nitro benzene ring substituents is 1. The number of carbonyl (C=O) groups excluding carboxylic acids is 1. The molecular weight excluding hydrogens is 262 g/mol. The van der Waals surface area contributed by atoms with E-state index in [-0.39, 0.29) is 29.2 Å². The molecule has 0 radical (unpaired) electrons. The summed E-state index contributed by atoms with van der Waals surface area (Å²) in [5.74, 6) is -0.211. The molecule has 106 valence electrons. The van der Waals surface area contributed by atoms with Crippen molar-refractivity contribution in [3.63, 3.8) is 0 Å². The third-order valence-corrected chi connectivity index (χ3v) is 3.11. The number of amides is 1. The number of hydrogen-bond donors (Lipinski definition) is 2. The zero-order chi connectivity index (χ0) is 14.7. The van der Waals surface area contributed by atoms with E-state index in [1.165, 1.54) is 25.3 Å². The Bertz CT molecular complexity index is 571. The molecule has 0 bridgehead atoms. The Labute approximate surface area is 115 Å². The molecule has 1 aromatic rings. The number of nitrogens with zero attached hydrogens (tertiary/aromatic N) is 1. The third kappa shape index (κ3) is 2.94. The minimum atomic E-state index is -0.527. The van der Waals surface area contributed by atoms with E-state index < -0.39 is 4.92 Å². The molecule has 2 unspecified atom stereocenters. The number of benzene rings is 1. The molecule has 2 atom stereocenters. The number of ether oxygens (including phenoxy) is 1. The Balaban J connectivity index is 2.19. The van der Waals surface area contributed by atoms with E-state index in [0.717, 1.165) is 0 Å². The predicted molar refractivity (Wildman–Crippen MR) is 73.5 cm³/mol. The summed E-state index contributed by atoms with van der Waals surface area (Å²) in [6, 6.07) is 3.91. The maximum Gasteiger partial charge on any atom is 0.271 e. The van der Waals surface area contributed by atoms with Crippen LogP contribution in [-0.2, 0) is 4.79 Å². The lowest BCUT2D eigenvalue weighted by atomic mass is 10.1. The summed E-state index contributed by atoms with van der Waals surface area (Å²) in [6.07, 6.45) is 4.04. The van der Waals surface area contributed by atoms with Crippen molar-refractivity contribution in [3.05, 3.63) is 40.5 Å². The summed E-state index contributed by atoms with van der Waals surface area (Å²) in [5.41, 5.74) is 5.86. The second-order valence-electron chi connectivity index (χ2n) is 4.52. The van der Waals surface area contributed by atoms with Gasteiger partial charge in [-0.2, -0.15) is 0 Å². The number of methoxy groups -OCH3 is 1. The number of carbonyl (C=O) groups is 1. The summed E-state index contributed by atoms with van der Waals surface area (Å²) < 4.78 is 5.08. The highest BCUT2D eigenvalue weighted by Crippen LogP contribution is 2.30. The molecule has 0 heterocycles. The average molecular weight is 277 g/mol. The quantitative estimate of drug-likeness (QED) is 0.492. The van der Waals surface area contributed by atoms with Crippen LogP contribution in [0.25, 0.3) is 0 Å². The minimum Gasteiger partial charge on any atom is -0.495 e. The van der Waals surface area contributed by atoms with Crippen LogP contribution in [0.3, 0.4) is 0 Å². The number of nitro groups is 1. The van der Waals surface area contributed by atoms with Gasteiger partial charge >= 0.3 is 0 Å². The van der Waals surface area contributed by atoms with Crippen molar-refractivity contribution in [1.82, 2.24) is 0 Å². The lowest BCUT2D eigenvalue weighted by Gasteiger charge is -2.13. The fourth-order valence-corrected chi connectivity index (χ4v) is 2.05. The van der Waals surface area contributed by atoms with Crippen LogP contribution in [0.15, 0.2) is 30.4 Å². The Morgan fingerprint density at radius 2 is 2.25 bits per heavy atom. The van der Waals surface area contributed by atoms with Gasteiger partial charge in [0.2, 0.25) is 5.91 Å². The smallest absolute Gasteiger partial charge is 0.271 e. The third-order valence-electron chi connectivity index (χ3n) is 3.11. The van der Waals surface area contributed by atoms with Crippen molar-refractivity contribution in [2.45, 2.75) is 12.5 Å². The molecule has 1 aliphatic carbocycles. The maximum atomic E-state index is 12.1. The highest BCUT2D eigenvalue weighted by Gasteiger charge is 2.24. The highest BCUT2D eigenvalue weighted by atomic mass is 16.6. The van der Waals surface area contributed by atoms with Gasteiger partial charge in [-0.15, -0.1) is 0 Å². The molecule has 0 spiro atoms. The molecule has 1 aromatic carbocycles. The molecule has 0 aromatic heterocycles. The van der Waals surface area contributed by atoms with Crippen molar-refractivity contribution < 1.29 is 14.5 Å². The summed E-state index contributed by atoms with van der Waals surface area (Å²) in [4.78, 5) is 22.3. The molecule has 20 heavy (non-hydrogen) atoms. The van der Waals surface area contributed by atoms with Gasteiger partial charge in [0.25, 0.3) is 5.69 Å². The molecule has 7 heteroatoms. The van der Waals surface area contributed by atoms with Gasteiger partial charge in [-0.05, 0) is 12.5 Å². The van der Waals surface area contributed by atoms with E-state index in [9.17, 15) is 14.9 Å². The SMILES string of the molecule is COc1ccc([N+](=O)[O-])cc1NC(=O)C1C=CC(N)C1. The molecule has 3 N–H and O–H groups in total. The van der Waals surface area contributed by atoms with Gasteiger partial charge in [-0.1, -0.05) is 12.2 Å². The number of anilines is 1. The molecule has 0 fully saturated rings. The monoisotopic (exact) mass is 277 g/mol. The van der Waals surface area contributed by atoms with Crippen LogP contribution in [0.2, 0.25) is 0 Å². The first-order valence-corrected chi connectivity index (χ1v) is 6.08. The van der Waals surface area contributed by atoms with Gasteiger partial charge in [0.15, 0.2) is 0 Å². The number of hydrogen-bond acceptors (Lipinski definition) is 5. The molecular formula is C13H15N3O4. The molecule has 0 saturated heterocycles. The number of nitro benzene ring substituents is 1. The van der Waals surface area contributed by atoms with Crippen LogP contribution < -0.4 is 15.8 Å². The lowest BCUT2D eigenvalue weighted by Crippen LogP contribution is -2.24. The van der Waals surface area contributed by atoms with E-state index in [1.54, 1.807) is 12.2 Å². The van der Waals surface area contributed by atoms with Crippen LogP contribution in [0, 0.1) is 16.0 Å². The van der Waals surface area contributed by atoms with Crippen LogP contribution in [0.4, 0.5) is 11.4 Å². The standard InChI is InChI=1S/C13H15N3O4/c1-20-12-5-4-10(16(18)19)7-11(12)15-13(17)8-2-3-9(14)6-8/h2-5,7-9H,6,14H2,1H3,(H,15,17). The minimum absolute atomic E-state index is 0.111. The van der Waals surface area contributed by atoms with Gasteiger partial charge in [0.1, 0.15) is 5.75 Å². The molecule has 1 aliphatic rings. The first-order chi connectivity index (χ1) is 9.51. The van der Waals surface area contributed by atoms with E-state index in [4.69, 9.17) is 10.5 Å². The Morgan fingerprint density at radius 3 is 2.80 bits per heavy atom. The predicted octanol–water partition coefficient (Wildman–Crippen LogP) is 1.45.